The Morgan fingerprint density at radius 1 is 1.38 bits per heavy atom. The third-order valence-electron chi connectivity index (χ3n) is 3.21. The molecule has 0 aliphatic heterocycles. The molecule has 1 aromatic heterocycles. The summed E-state index contributed by atoms with van der Waals surface area (Å²) in [5.74, 6) is 0.00560. The van der Waals surface area contributed by atoms with Gasteiger partial charge in [-0.3, -0.25) is 4.98 Å². The van der Waals surface area contributed by atoms with Crippen molar-refractivity contribution in [3.05, 3.63) is 29.1 Å². The highest BCUT2D eigenvalue weighted by Gasteiger charge is 2.24. The van der Waals surface area contributed by atoms with Crippen LogP contribution in [0.3, 0.4) is 0 Å². The van der Waals surface area contributed by atoms with Crippen molar-refractivity contribution >= 4 is 0 Å². The molecule has 1 atom stereocenters. The quantitative estimate of drug-likeness (QED) is 0.664. The van der Waals surface area contributed by atoms with Crippen LogP contribution < -0.4 is 0 Å². The monoisotopic (exact) mass is 214 g/mol. The minimum absolute atomic E-state index is 0.00560. The molecule has 0 radical (unpaired) electrons. The van der Waals surface area contributed by atoms with Crippen LogP contribution >= 0.6 is 0 Å². The van der Waals surface area contributed by atoms with Crippen molar-refractivity contribution < 1.29 is 0 Å². The van der Waals surface area contributed by atoms with Crippen LogP contribution in [0.5, 0.6) is 0 Å². The first-order valence-corrected chi connectivity index (χ1v) is 5.92. The molecule has 2 nitrogen and oxygen atoms in total. The van der Waals surface area contributed by atoms with Gasteiger partial charge in [-0.05, 0) is 30.9 Å². The van der Waals surface area contributed by atoms with Gasteiger partial charge in [0.2, 0.25) is 0 Å². The number of hydrogen-bond donors (Lipinski definition) is 0. The van der Waals surface area contributed by atoms with Crippen LogP contribution in [-0.4, -0.2) is 4.98 Å². The Hall–Kier alpha value is -1.36. The summed E-state index contributed by atoms with van der Waals surface area (Å²) in [5, 5.41) is 9.14. The summed E-state index contributed by atoms with van der Waals surface area (Å²) in [5.41, 5.74) is 3.45. The zero-order chi connectivity index (χ0) is 11.8. The van der Waals surface area contributed by atoms with Gasteiger partial charge in [0.25, 0.3) is 0 Å². The first-order valence-electron chi connectivity index (χ1n) is 5.92. The van der Waals surface area contributed by atoms with Gasteiger partial charge in [-0.15, -0.1) is 0 Å². The van der Waals surface area contributed by atoms with E-state index in [1.807, 2.05) is 0 Å². The molecule has 0 N–H and O–H groups in total. The Bertz CT molecular complexity index is 435. The Balaban J connectivity index is 2.48. The van der Waals surface area contributed by atoms with E-state index in [0.717, 1.165) is 30.7 Å². The molecule has 2 heteroatoms. The second-order valence-corrected chi connectivity index (χ2v) is 5.56. The number of fused-ring (bicyclic) bond motifs is 1. The van der Waals surface area contributed by atoms with E-state index < -0.39 is 0 Å². The molecule has 1 heterocycles. The van der Waals surface area contributed by atoms with E-state index in [-0.39, 0.29) is 11.3 Å². The lowest BCUT2D eigenvalue weighted by Crippen LogP contribution is -2.18. The van der Waals surface area contributed by atoms with E-state index in [2.05, 4.69) is 39.0 Å². The summed E-state index contributed by atoms with van der Waals surface area (Å²) < 4.78 is 0. The minimum atomic E-state index is 0.00560. The van der Waals surface area contributed by atoms with Crippen molar-refractivity contribution in [1.82, 2.24) is 4.98 Å². The van der Waals surface area contributed by atoms with Crippen LogP contribution in [0.15, 0.2) is 12.1 Å². The summed E-state index contributed by atoms with van der Waals surface area (Å²) in [6.07, 6.45) is 3.15. The number of aryl methyl sites for hydroxylation is 1. The van der Waals surface area contributed by atoms with E-state index in [1.54, 1.807) is 0 Å². The number of nitriles is 1. The minimum Gasteiger partial charge on any atom is -0.256 e. The standard InChI is InChI=1S/C14H18N2/c1-14(2,3)12-8-7-10-5-4-6-11(9-15)13(10)16-12/h7-8,11H,4-6H2,1-3H3. The van der Waals surface area contributed by atoms with Gasteiger partial charge in [0, 0.05) is 11.1 Å². The van der Waals surface area contributed by atoms with Crippen LogP contribution in [0.25, 0.3) is 0 Å². The van der Waals surface area contributed by atoms with Crippen molar-refractivity contribution in [2.45, 2.75) is 51.4 Å². The highest BCUT2D eigenvalue weighted by Crippen LogP contribution is 2.31. The first-order chi connectivity index (χ1) is 7.52. The molecule has 1 aliphatic rings. The molecule has 0 aromatic carbocycles. The Morgan fingerprint density at radius 2 is 2.12 bits per heavy atom. The van der Waals surface area contributed by atoms with Crippen LogP contribution in [-0.2, 0) is 11.8 Å². The van der Waals surface area contributed by atoms with Gasteiger partial charge < -0.3 is 0 Å². The average molecular weight is 214 g/mol. The van der Waals surface area contributed by atoms with Gasteiger partial charge >= 0.3 is 0 Å². The summed E-state index contributed by atoms with van der Waals surface area (Å²) in [6, 6.07) is 6.65. The van der Waals surface area contributed by atoms with Gasteiger partial charge in [0.1, 0.15) is 0 Å². The van der Waals surface area contributed by atoms with E-state index in [0.29, 0.717) is 0 Å². The van der Waals surface area contributed by atoms with Gasteiger partial charge in [-0.25, -0.2) is 0 Å². The smallest absolute Gasteiger partial charge is 0.0887 e. The van der Waals surface area contributed by atoms with Crippen LogP contribution in [0, 0.1) is 11.3 Å². The van der Waals surface area contributed by atoms with Crippen molar-refractivity contribution in [1.29, 1.82) is 5.26 Å². The number of rotatable bonds is 0. The van der Waals surface area contributed by atoms with Crippen molar-refractivity contribution in [3.8, 4) is 6.07 Å². The average Bonchev–Trinajstić information content (AvgIpc) is 2.26. The SMILES string of the molecule is CC(C)(C)c1ccc2c(n1)C(C#N)CCC2. The molecule has 84 valence electrons. The summed E-state index contributed by atoms with van der Waals surface area (Å²) in [7, 11) is 0. The zero-order valence-electron chi connectivity index (χ0n) is 10.2. The maximum atomic E-state index is 9.14. The molecule has 0 bridgehead atoms. The second kappa shape index (κ2) is 3.90. The molecule has 0 amide bonds. The maximum Gasteiger partial charge on any atom is 0.0887 e. The Labute approximate surface area is 97.3 Å². The molecule has 1 aromatic rings. The highest BCUT2D eigenvalue weighted by atomic mass is 14.7. The number of pyridine rings is 1. The number of hydrogen-bond acceptors (Lipinski definition) is 2. The number of nitrogens with zero attached hydrogens (tertiary/aromatic N) is 2. The second-order valence-electron chi connectivity index (χ2n) is 5.56. The predicted octanol–water partition coefficient (Wildman–Crippen LogP) is 3.32. The molecule has 2 rings (SSSR count). The molecule has 16 heavy (non-hydrogen) atoms. The van der Waals surface area contributed by atoms with Gasteiger partial charge in [-0.1, -0.05) is 26.8 Å². The van der Waals surface area contributed by atoms with Gasteiger partial charge in [0.05, 0.1) is 17.7 Å². The van der Waals surface area contributed by atoms with Crippen molar-refractivity contribution in [3.63, 3.8) is 0 Å². The van der Waals surface area contributed by atoms with E-state index in [9.17, 15) is 0 Å². The van der Waals surface area contributed by atoms with Crippen LogP contribution in [0.1, 0.15) is 56.5 Å². The zero-order valence-corrected chi connectivity index (χ0v) is 10.2. The lowest BCUT2D eigenvalue weighted by molar-refractivity contribution is 0.550. The Morgan fingerprint density at radius 3 is 2.75 bits per heavy atom. The molecular formula is C14H18N2. The van der Waals surface area contributed by atoms with Crippen molar-refractivity contribution in [2.75, 3.05) is 0 Å². The fraction of sp³-hybridized carbons (Fsp3) is 0.571. The molecule has 1 aliphatic carbocycles. The summed E-state index contributed by atoms with van der Waals surface area (Å²) >= 11 is 0. The fourth-order valence-electron chi connectivity index (χ4n) is 2.19. The van der Waals surface area contributed by atoms with Crippen molar-refractivity contribution in [2.24, 2.45) is 0 Å². The largest absolute Gasteiger partial charge is 0.256 e. The highest BCUT2D eigenvalue weighted by molar-refractivity contribution is 5.33. The van der Waals surface area contributed by atoms with Crippen LogP contribution in [0.2, 0.25) is 0 Å². The summed E-state index contributed by atoms with van der Waals surface area (Å²) in [6.45, 7) is 6.48. The number of aromatic nitrogens is 1. The first kappa shape index (κ1) is 11.1. The predicted molar refractivity (Wildman–Crippen MR) is 64.2 cm³/mol. The third kappa shape index (κ3) is 1.95. The van der Waals surface area contributed by atoms with Crippen LogP contribution in [0.4, 0.5) is 0 Å². The molecular weight excluding hydrogens is 196 g/mol. The lowest BCUT2D eigenvalue weighted by Gasteiger charge is -2.24. The third-order valence-corrected chi connectivity index (χ3v) is 3.21. The van der Waals surface area contributed by atoms with E-state index >= 15 is 0 Å². The topological polar surface area (TPSA) is 36.7 Å². The van der Waals surface area contributed by atoms with Gasteiger partial charge in [-0.2, -0.15) is 5.26 Å². The molecule has 0 saturated carbocycles. The Kier molecular flexibility index (Phi) is 2.71. The van der Waals surface area contributed by atoms with E-state index in [4.69, 9.17) is 10.2 Å². The summed E-state index contributed by atoms with van der Waals surface area (Å²) in [4.78, 5) is 4.71. The molecule has 1 unspecified atom stereocenters. The fourth-order valence-corrected chi connectivity index (χ4v) is 2.19. The molecule has 0 fully saturated rings. The van der Waals surface area contributed by atoms with Gasteiger partial charge in [0.15, 0.2) is 0 Å². The maximum absolute atomic E-state index is 9.14. The normalized spacial score (nSPS) is 20.0. The molecule has 0 spiro atoms. The van der Waals surface area contributed by atoms with E-state index in [1.165, 1.54) is 5.56 Å². The lowest BCUT2D eigenvalue weighted by atomic mass is 9.85. The molecule has 0 saturated heterocycles.